The standard InChI is InChI=1S/C12H14BrN5OS/c1-7(2)19-11-15-10(18-14)16-12(17-11)20-9-5-3-8(13)4-6-9/h3-7H,14H2,1-2H3,(H,15,16,17,18). The summed E-state index contributed by atoms with van der Waals surface area (Å²) >= 11 is 4.80. The first-order valence-electron chi connectivity index (χ1n) is 5.89. The first-order valence-corrected chi connectivity index (χ1v) is 7.50. The van der Waals surface area contributed by atoms with Gasteiger partial charge in [-0.3, -0.25) is 5.43 Å². The minimum atomic E-state index is -0.0199. The zero-order valence-corrected chi connectivity index (χ0v) is 13.4. The van der Waals surface area contributed by atoms with Gasteiger partial charge >= 0.3 is 6.01 Å². The number of hydrogen-bond donors (Lipinski definition) is 2. The van der Waals surface area contributed by atoms with Gasteiger partial charge in [-0.1, -0.05) is 15.9 Å². The van der Waals surface area contributed by atoms with Crippen molar-refractivity contribution in [1.29, 1.82) is 0 Å². The molecular formula is C12H14BrN5OS. The number of hydrogen-bond acceptors (Lipinski definition) is 7. The van der Waals surface area contributed by atoms with Crippen LogP contribution in [0.2, 0.25) is 0 Å². The van der Waals surface area contributed by atoms with Crippen LogP contribution >= 0.6 is 27.7 Å². The van der Waals surface area contributed by atoms with Crippen LogP contribution in [0, 0.1) is 0 Å². The van der Waals surface area contributed by atoms with Crippen LogP contribution in [0.1, 0.15) is 13.8 Å². The topological polar surface area (TPSA) is 86.0 Å². The molecule has 1 heterocycles. The number of ether oxygens (including phenoxy) is 1. The van der Waals surface area contributed by atoms with Gasteiger partial charge in [-0.25, -0.2) is 5.84 Å². The third-order valence-corrected chi connectivity index (χ3v) is 3.49. The molecule has 0 radical (unpaired) electrons. The fraction of sp³-hybridized carbons (Fsp3) is 0.250. The Morgan fingerprint density at radius 1 is 1.20 bits per heavy atom. The molecule has 0 atom stereocenters. The van der Waals surface area contributed by atoms with Crippen molar-refractivity contribution in [3.8, 4) is 6.01 Å². The lowest BCUT2D eigenvalue weighted by atomic mass is 10.4. The summed E-state index contributed by atoms with van der Waals surface area (Å²) in [5.74, 6) is 5.63. The number of nitrogen functional groups attached to an aromatic ring is 1. The molecule has 0 aliphatic carbocycles. The van der Waals surface area contributed by atoms with Gasteiger partial charge < -0.3 is 4.74 Å². The monoisotopic (exact) mass is 355 g/mol. The number of nitrogens with two attached hydrogens (primary N) is 1. The number of aromatic nitrogens is 3. The predicted molar refractivity (Wildman–Crippen MR) is 81.7 cm³/mol. The normalized spacial score (nSPS) is 10.7. The van der Waals surface area contributed by atoms with Crippen LogP contribution in [0.25, 0.3) is 0 Å². The van der Waals surface area contributed by atoms with E-state index in [4.69, 9.17) is 10.6 Å². The Kier molecular flexibility index (Phi) is 5.16. The van der Waals surface area contributed by atoms with Crippen LogP contribution in [0.4, 0.5) is 5.95 Å². The predicted octanol–water partition coefficient (Wildman–Crippen LogP) is 2.86. The Morgan fingerprint density at radius 2 is 1.90 bits per heavy atom. The molecule has 2 rings (SSSR count). The van der Waals surface area contributed by atoms with Gasteiger partial charge in [0.05, 0.1) is 6.10 Å². The van der Waals surface area contributed by atoms with E-state index in [9.17, 15) is 0 Å². The maximum absolute atomic E-state index is 5.48. The van der Waals surface area contributed by atoms with Crippen molar-refractivity contribution in [1.82, 2.24) is 15.0 Å². The lowest BCUT2D eigenvalue weighted by Crippen LogP contribution is -2.14. The number of benzene rings is 1. The molecule has 106 valence electrons. The highest BCUT2D eigenvalue weighted by atomic mass is 79.9. The lowest BCUT2D eigenvalue weighted by molar-refractivity contribution is 0.219. The Labute approximate surface area is 129 Å². The van der Waals surface area contributed by atoms with Gasteiger partial charge in [0.25, 0.3) is 0 Å². The molecule has 3 N–H and O–H groups in total. The van der Waals surface area contributed by atoms with Gasteiger partial charge in [0, 0.05) is 9.37 Å². The summed E-state index contributed by atoms with van der Waals surface area (Å²) in [6.45, 7) is 3.81. The van der Waals surface area contributed by atoms with Gasteiger partial charge in [0.15, 0.2) is 0 Å². The maximum atomic E-state index is 5.48. The maximum Gasteiger partial charge on any atom is 0.322 e. The molecule has 0 aliphatic heterocycles. The van der Waals surface area contributed by atoms with Crippen molar-refractivity contribution in [2.75, 3.05) is 5.43 Å². The van der Waals surface area contributed by atoms with E-state index in [0.717, 1.165) is 9.37 Å². The second kappa shape index (κ2) is 6.87. The summed E-state index contributed by atoms with van der Waals surface area (Å²) in [6.07, 6.45) is -0.0199. The summed E-state index contributed by atoms with van der Waals surface area (Å²) in [5, 5.41) is 0.519. The number of nitrogens with zero attached hydrogens (tertiary/aromatic N) is 3. The highest BCUT2D eigenvalue weighted by molar-refractivity contribution is 9.10. The van der Waals surface area contributed by atoms with Crippen molar-refractivity contribution in [3.05, 3.63) is 28.7 Å². The molecule has 8 heteroatoms. The summed E-state index contributed by atoms with van der Waals surface area (Å²) < 4.78 is 6.49. The Balaban J connectivity index is 2.23. The minimum Gasteiger partial charge on any atom is -0.461 e. The van der Waals surface area contributed by atoms with Crippen LogP contribution in [-0.2, 0) is 0 Å². The Hall–Kier alpha value is -1.38. The van der Waals surface area contributed by atoms with E-state index in [2.05, 4.69) is 36.3 Å². The highest BCUT2D eigenvalue weighted by Gasteiger charge is 2.09. The molecule has 6 nitrogen and oxygen atoms in total. The molecule has 0 aliphatic rings. The van der Waals surface area contributed by atoms with Crippen molar-refractivity contribution in [2.45, 2.75) is 30.0 Å². The van der Waals surface area contributed by atoms with Crippen molar-refractivity contribution in [3.63, 3.8) is 0 Å². The van der Waals surface area contributed by atoms with Crippen molar-refractivity contribution < 1.29 is 4.74 Å². The molecule has 0 spiro atoms. The van der Waals surface area contributed by atoms with Crippen LogP contribution in [-0.4, -0.2) is 21.1 Å². The average Bonchev–Trinajstić information content (AvgIpc) is 2.40. The second-order valence-corrected chi connectivity index (χ2v) is 6.05. The van der Waals surface area contributed by atoms with Crippen molar-refractivity contribution >= 4 is 33.6 Å². The largest absolute Gasteiger partial charge is 0.461 e. The van der Waals surface area contributed by atoms with Crippen LogP contribution in [0.3, 0.4) is 0 Å². The minimum absolute atomic E-state index is 0.0199. The molecule has 0 unspecified atom stereocenters. The summed E-state index contributed by atoms with van der Waals surface area (Å²) in [6, 6.07) is 8.10. The van der Waals surface area contributed by atoms with E-state index in [1.165, 1.54) is 11.8 Å². The summed E-state index contributed by atoms with van der Waals surface area (Å²) in [5.41, 5.74) is 2.41. The second-order valence-electron chi connectivity index (χ2n) is 4.09. The number of halogens is 1. The van der Waals surface area contributed by atoms with E-state index >= 15 is 0 Å². The molecule has 0 fully saturated rings. The third kappa shape index (κ3) is 4.32. The van der Waals surface area contributed by atoms with E-state index in [1.54, 1.807) is 0 Å². The molecule has 0 amide bonds. The zero-order chi connectivity index (χ0) is 14.5. The Bertz CT molecular complexity index is 579. The molecule has 2 aromatic rings. The number of hydrazine groups is 1. The lowest BCUT2D eigenvalue weighted by Gasteiger charge is -2.09. The van der Waals surface area contributed by atoms with E-state index < -0.39 is 0 Å². The number of rotatable bonds is 5. The smallest absolute Gasteiger partial charge is 0.322 e. The van der Waals surface area contributed by atoms with Gasteiger partial charge in [-0.05, 0) is 49.9 Å². The fourth-order valence-corrected chi connectivity index (χ4v) is 2.32. The summed E-state index contributed by atoms with van der Waals surface area (Å²) in [7, 11) is 0. The van der Waals surface area contributed by atoms with Gasteiger partial charge in [0.2, 0.25) is 11.1 Å². The highest BCUT2D eigenvalue weighted by Crippen LogP contribution is 2.27. The van der Waals surface area contributed by atoms with E-state index in [-0.39, 0.29) is 18.1 Å². The number of anilines is 1. The molecule has 0 bridgehead atoms. The molecular weight excluding hydrogens is 342 g/mol. The number of nitrogens with one attached hydrogen (secondary N) is 1. The fourth-order valence-electron chi connectivity index (χ4n) is 1.32. The van der Waals surface area contributed by atoms with E-state index in [1.807, 2.05) is 38.1 Å². The first kappa shape index (κ1) is 15.0. The molecule has 1 aromatic carbocycles. The zero-order valence-electron chi connectivity index (χ0n) is 11.0. The van der Waals surface area contributed by atoms with E-state index in [0.29, 0.717) is 5.16 Å². The quantitative estimate of drug-likeness (QED) is 0.629. The first-order chi connectivity index (χ1) is 9.56. The van der Waals surface area contributed by atoms with Crippen molar-refractivity contribution in [2.24, 2.45) is 5.84 Å². The van der Waals surface area contributed by atoms with Gasteiger partial charge in [0.1, 0.15) is 0 Å². The molecule has 0 saturated carbocycles. The van der Waals surface area contributed by atoms with Crippen LogP contribution < -0.4 is 16.0 Å². The SMILES string of the molecule is CC(C)Oc1nc(NN)nc(Sc2ccc(Br)cc2)n1. The van der Waals surface area contributed by atoms with Crippen LogP contribution in [0.5, 0.6) is 6.01 Å². The van der Waals surface area contributed by atoms with Crippen LogP contribution in [0.15, 0.2) is 38.8 Å². The third-order valence-electron chi connectivity index (χ3n) is 2.09. The molecule has 1 aromatic heterocycles. The average molecular weight is 356 g/mol. The van der Waals surface area contributed by atoms with Gasteiger partial charge in [-0.15, -0.1) is 0 Å². The summed E-state index contributed by atoms with van der Waals surface area (Å²) in [4.78, 5) is 13.5. The van der Waals surface area contributed by atoms with Gasteiger partial charge in [-0.2, -0.15) is 15.0 Å². The molecule has 0 saturated heterocycles. The Morgan fingerprint density at radius 3 is 2.50 bits per heavy atom. The molecule has 20 heavy (non-hydrogen) atoms.